The Morgan fingerprint density at radius 1 is 1.05 bits per heavy atom. The standard InChI is InChI=1S/C19H19ClS/c1-2-3-4-15-5-10-17(11-6-15)19(21)14-9-16-7-12-18(20)13-8-16/h5-14H,2-4H2,1H3. The van der Waals surface area contributed by atoms with Gasteiger partial charge in [-0.3, -0.25) is 0 Å². The van der Waals surface area contributed by atoms with Gasteiger partial charge >= 0.3 is 0 Å². The fraction of sp³-hybridized carbons (Fsp3) is 0.211. The Kier molecular flexibility index (Phi) is 6.16. The number of halogens is 1. The van der Waals surface area contributed by atoms with Gasteiger partial charge in [-0.15, -0.1) is 0 Å². The Balaban J connectivity index is 2.01. The summed E-state index contributed by atoms with van der Waals surface area (Å²) in [5.74, 6) is 0. The fourth-order valence-corrected chi connectivity index (χ4v) is 2.39. The molecule has 0 atom stereocenters. The number of allylic oxidation sites excluding steroid dienone is 1. The summed E-state index contributed by atoms with van der Waals surface area (Å²) in [6, 6.07) is 16.3. The fourth-order valence-electron chi connectivity index (χ4n) is 2.06. The molecule has 0 spiro atoms. The maximum Gasteiger partial charge on any atom is 0.0449 e. The van der Waals surface area contributed by atoms with Gasteiger partial charge in [-0.2, -0.15) is 0 Å². The van der Waals surface area contributed by atoms with E-state index in [0.29, 0.717) is 0 Å². The van der Waals surface area contributed by atoms with E-state index >= 15 is 0 Å². The van der Waals surface area contributed by atoms with Crippen molar-refractivity contribution < 1.29 is 0 Å². The van der Waals surface area contributed by atoms with Crippen molar-refractivity contribution in [3.8, 4) is 0 Å². The van der Waals surface area contributed by atoms with Crippen LogP contribution in [0.2, 0.25) is 5.02 Å². The Labute approximate surface area is 137 Å². The van der Waals surface area contributed by atoms with E-state index in [9.17, 15) is 0 Å². The SMILES string of the molecule is CCCCc1ccc(C(=S)C=Cc2ccc(Cl)cc2)cc1. The molecule has 0 unspecified atom stereocenters. The summed E-state index contributed by atoms with van der Waals surface area (Å²) in [7, 11) is 0. The quantitative estimate of drug-likeness (QED) is 0.352. The Bertz CT molecular complexity index is 609. The first-order valence-corrected chi connectivity index (χ1v) is 8.04. The van der Waals surface area contributed by atoms with Crippen LogP contribution < -0.4 is 0 Å². The number of benzene rings is 2. The Morgan fingerprint density at radius 3 is 2.33 bits per heavy atom. The highest BCUT2D eigenvalue weighted by Gasteiger charge is 1.98. The molecule has 0 aliphatic rings. The van der Waals surface area contributed by atoms with Gasteiger partial charge in [-0.1, -0.05) is 79.6 Å². The van der Waals surface area contributed by atoms with Crippen LogP contribution in [0.3, 0.4) is 0 Å². The van der Waals surface area contributed by atoms with Crippen LogP contribution in [0, 0.1) is 0 Å². The third-order valence-electron chi connectivity index (χ3n) is 3.35. The topological polar surface area (TPSA) is 0 Å². The maximum absolute atomic E-state index is 5.87. The van der Waals surface area contributed by atoms with Gasteiger partial charge in [0.1, 0.15) is 0 Å². The monoisotopic (exact) mass is 314 g/mol. The van der Waals surface area contributed by atoms with E-state index < -0.39 is 0 Å². The smallest absolute Gasteiger partial charge is 0.0449 e. The van der Waals surface area contributed by atoms with Crippen molar-refractivity contribution in [1.29, 1.82) is 0 Å². The van der Waals surface area contributed by atoms with Gasteiger partial charge in [0.05, 0.1) is 0 Å². The highest BCUT2D eigenvalue weighted by atomic mass is 35.5. The lowest BCUT2D eigenvalue weighted by Crippen LogP contribution is -1.93. The van der Waals surface area contributed by atoms with Crippen molar-refractivity contribution in [2.24, 2.45) is 0 Å². The van der Waals surface area contributed by atoms with Gasteiger partial charge in [0.15, 0.2) is 0 Å². The number of unbranched alkanes of at least 4 members (excludes halogenated alkanes) is 1. The number of hydrogen-bond donors (Lipinski definition) is 0. The van der Waals surface area contributed by atoms with E-state index in [2.05, 4.69) is 31.2 Å². The van der Waals surface area contributed by atoms with E-state index in [4.69, 9.17) is 23.8 Å². The average Bonchev–Trinajstić information content (AvgIpc) is 2.52. The first-order valence-electron chi connectivity index (χ1n) is 7.26. The Morgan fingerprint density at radius 2 is 1.71 bits per heavy atom. The van der Waals surface area contributed by atoms with E-state index in [1.54, 1.807) is 0 Å². The summed E-state index contributed by atoms with van der Waals surface area (Å²) >= 11 is 11.3. The highest BCUT2D eigenvalue weighted by Crippen LogP contribution is 2.13. The molecule has 2 aromatic carbocycles. The first kappa shape index (κ1) is 15.9. The molecule has 0 fully saturated rings. The van der Waals surface area contributed by atoms with Crippen LogP contribution in [0.1, 0.15) is 36.5 Å². The predicted molar refractivity (Wildman–Crippen MR) is 97.2 cm³/mol. The van der Waals surface area contributed by atoms with Gasteiger partial charge in [-0.05, 0) is 47.7 Å². The molecular formula is C19H19ClS. The largest absolute Gasteiger partial charge is 0.0843 e. The lowest BCUT2D eigenvalue weighted by molar-refractivity contribution is 0.795. The van der Waals surface area contributed by atoms with Crippen molar-refractivity contribution in [1.82, 2.24) is 0 Å². The van der Waals surface area contributed by atoms with Gasteiger partial charge in [0.2, 0.25) is 0 Å². The van der Waals surface area contributed by atoms with E-state index in [1.807, 2.05) is 36.4 Å². The van der Waals surface area contributed by atoms with Gasteiger partial charge in [0.25, 0.3) is 0 Å². The van der Waals surface area contributed by atoms with Gasteiger partial charge in [-0.25, -0.2) is 0 Å². The molecule has 2 aromatic rings. The summed E-state index contributed by atoms with van der Waals surface area (Å²) < 4.78 is 0. The molecular weight excluding hydrogens is 296 g/mol. The minimum Gasteiger partial charge on any atom is -0.0843 e. The Hall–Kier alpha value is -1.44. The van der Waals surface area contributed by atoms with Crippen LogP contribution >= 0.6 is 23.8 Å². The zero-order valence-electron chi connectivity index (χ0n) is 12.2. The second kappa shape index (κ2) is 8.11. The molecule has 0 saturated carbocycles. The van der Waals surface area contributed by atoms with Crippen LogP contribution in [0.5, 0.6) is 0 Å². The van der Waals surface area contributed by atoms with E-state index in [1.165, 1.54) is 18.4 Å². The van der Waals surface area contributed by atoms with Crippen molar-refractivity contribution in [3.05, 3.63) is 76.3 Å². The van der Waals surface area contributed by atoms with E-state index in [0.717, 1.165) is 27.4 Å². The molecule has 0 radical (unpaired) electrons. The van der Waals surface area contributed by atoms with Crippen molar-refractivity contribution >= 4 is 34.8 Å². The van der Waals surface area contributed by atoms with Gasteiger partial charge in [0, 0.05) is 9.89 Å². The molecule has 0 bridgehead atoms. The molecule has 0 heterocycles. The number of rotatable bonds is 6. The van der Waals surface area contributed by atoms with E-state index in [-0.39, 0.29) is 0 Å². The predicted octanol–water partition coefficient (Wildman–Crippen LogP) is 6.11. The summed E-state index contributed by atoms with van der Waals surface area (Å²) in [4.78, 5) is 0.854. The molecule has 0 amide bonds. The van der Waals surface area contributed by atoms with Crippen LogP contribution in [0.25, 0.3) is 6.08 Å². The van der Waals surface area contributed by atoms with Gasteiger partial charge < -0.3 is 0 Å². The molecule has 2 rings (SSSR count). The molecule has 0 aromatic heterocycles. The van der Waals surface area contributed by atoms with Crippen molar-refractivity contribution in [3.63, 3.8) is 0 Å². The first-order chi connectivity index (χ1) is 10.2. The molecule has 0 aliphatic heterocycles. The highest BCUT2D eigenvalue weighted by molar-refractivity contribution is 7.81. The number of thiocarbonyl (C=S) groups is 1. The zero-order valence-corrected chi connectivity index (χ0v) is 13.8. The molecule has 0 saturated heterocycles. The summed E-state index contributed by atoms with van der Waals surface area (Å²) in [5.41, 5.74) is 3.57. The third-order valence-corrected chi connectivity index (χ3v) is 3.98. The molecule has 2 heteroatoms. The molecule has 0 nitrogen and oxygen atoms in total. The summed E-state index contributed by atoms with van der Waals surface area (Å²) in [5, 5.41) is 0.748. The van der Waals surface area contributed by atoms with Crippen LogP contribution in [0.15, 0.2) is 54.6 Å². The third kappa shape index (κ3) is 5.11. The average molecular weight is 315 g/mol. The lowest BCUT2D eigenvalue weighted by Gasteiger charge is -2.03. The second-order valence-electron chi connectivity index (χ2n) is 5.05. The van der Waals surface area contributed by atoms with Crippen LogP contribution in [-0.2, 0) is 6.42 Å². The lowest BCUT2D eigenvalue weighted by atomic mass is 10.0. The molecule has 0 N–H and O–H groups in total. The molecule has 108 valence electrons. The minimum atomic E-state index is 0.748. The number of hydrogen-bond acceptors (Lipinski definition) is 1. The van der Waals surface area contributed by atoms with Crippen LogP contribution in [-0.4, -0.2) is 4.86 Å². The zero-order chi connectivity index (χ0) is 15.1. The molecule has 0 aliphatic carbocycles. The minimum absolute atomic E-state index is 0.748. The van der Waals surface area contributed by atoms with Crippen LogP contribution in [0.4, 0.5) is 0 Å². The molecule has 21 heavy (non-hydrogen) atoms. The maximum atomic E-state index is 5.87. The second-order valence-corrected chi connectivity index (χ2v) is 5.93. The van der Waals surface area contributed by atoms with Crippen molar-refractivity contribution in [2.45, 2.75) is 26.2 Å². The summed E-state index contributed by atoms with van der Waals surface area (Å²) in [6.45, 7) is 2.21. The normalized spacial score (nSPS) is 11.0. The number of aryl methyl sites for hydroxylation is 1. The van der Waals surface area contributed by atoms with Crippen molar-refractivity contribution in [2.75, 3.05) is 0 Å². The summed E-state index contributed by atoms with van der Waals surface area (Å²) in [6.07, 6.45) is 7.59.